The Bertz CT molecular complexity index is 1250. The minimum absolute atomic E-state index is 0.0388. The Labute approximate surface area is 229 Å². The van der Waals surface area contributed by atoms with Gasteiger partial charge in [0.25, 0.3) is 0 Å². The number of halogens is 1. The SMILES string of the molecule is Cc1onc(-c2ccccc2Cl)c1C(=O)OCCCCN1CCC(c2cccc(NC(=O)C(C)C)c2)CC1. The third-order valence-corrected chi connectivity index (χ3v) is 7.36. The highest BCUT2D eigenvalue weighted by Gasteiger charge is 2.24. The van der Waals surface area contributed by atoms with Crippen LogP contribution in [0.2, 0.25) is 5.02 Å². The average Bonchev–Trinajstić information content (AvgIpc) is 3.30. The maximum atomic E-state index is 12.8. The van der Waals surface area contributed by atoms with Crippen molar-refractivity contribution in [3.8, 4) is 11.3 Å². The summed E-state index contributed by atoms with van der Waals surface area (Å²) in [5, 5.41) is 7.55. The first kappa shape index (κ1) is 27.9. The number of unbranched alkanes of at least 4 members (excludes halogenated alkanes) is 1. The summed E-state index contributed by atoms with van der Waals surface area (Å²) >= 11 is 6.29. The summed E-state index contributed by atoms with van der Waals surface area (Å²) in [6.45, 7) is 8.89. The van der Waals surface area contributed by atoms with Gasteiger partial charge in [0.2, 0.25) is 5.91 Å². The van der Waals surface area contributed by atoms with Crippen molar-refractivity contribution in [1.82, 2.24) is 10.1 Å². The first-order valence-corrected chi connectivity index (χ1v) is 13.7. The number of carbonyl (C=O) groups is 2. The predicted octanol–water partition coefficient (Wildman–Crippen LogP) is 6.71. The maximum absolute atomic E-state index is 12.8. The molecule has 1 fully saturated rings. The van der Waals surface area contributed by atoms with Gasteiger partial charge in [0.05, 0.1) is 11.6 Å². The minimum Gasteiger partial charge on any atom is -0.462 e. The molecule has 0 aliphatic carbocycles. The molecule has 202 valence electrons. The Balaban J connectivity index is 1.19. The van der Waals surface area contributed by atoms with Gasteiger partial charge in [-0.2, -0.15) is 0 Å². The minimum atomic E-state index is -0.439. The number of esters is 1. The Morgan fingerprint density at radius 2 is 1.89 bits per heavy atom. The monoisotopic (exact) mass is 537 g/mol. The van der Waals surface area contributed by atoms with Gasteiger partial charge in [-0.25, -0.2) is 4.79 Å². The zero-order valence-corrected chi connectivity index (χ0v) is 23.1. The summed E-state index contributed by atoms with van der Waals surface area (Å²) in [5.74, 6) is 0.484. The number of nitrogens with zero attached hydrogens (tertiary/aromatic N) is 2. The molecule has 0 atom stereocenters. The van der Waals surface area contributed by atoms with E-state index in [-0.39, 0.29) is 11.8 Å². The molecule has 1 aliphatic heterocycles. The zero-order valence-electron chi connectivity index (χ0n) is 22.3. The molecular formula is C30H36ClN3O4. The third-order valence-electron chi connectivity index (χ3n) is 7.04. The van der Waals surface area contributed by atoms with E-state index < -0.39 is 5.97 Å². The molecule has 1 saturated heterocycles. The van der Waals surface area contributed by atoms with Gasteiger partial charge >= 0.3 is 5.97 Å². The molecule has 0 radical (unpaired) electrons. The van der Waals surface area contributed by atoms with Gasteiger partial charge in [0.1, 0.15) is 17.0 Å². The number of anilines is 1. The van der Waals surface area contributed by atoms with Crippen molar-refractivity contribution < 1.29 is 18.8 Å². The Hall–Kier alpha value is -3.16. The van der Waals surface area contributed by atoms with Crippen LogP contribution in [-0.2, 0) is 9.53 Å². The van der Waals surface area contributed by atoms with Crippen LogP contribution in [0.25, 0.3) is 11.3 Å². The molecule has 3 aromatic rings. The number of rotatable bonds is 10. The van der Waals surface area contributed by atoms with Gasteiger partial charge in [-0.1, -0.05) is 60.9 Å². The number of piperidine rings is 1. The molecule has 1 N–H and O–H groups in total. The average molecular weight is 538 g/mol. The summed E-state index contributed by atoms with van der Waals surface area (Å²) in [5.41, 5.74) is 3.55. The fraction of sp³-hybridized carbons (Fsp3) is 0.433. The van der Waals surface area contributed by atoms with E-state index >= 15 is 0 Å². The topological polar surface area (TPSA) is 84.7 Å². The number of amides is 1. The van der Waals surface area contributed by atoms with Gasteiger partial charge in [-0.3, -0.25) is 4.79 Å². The van der Waals surface area contributed by atoms with E-state index in [0.717, 1.165) is 51.0 Å². The van der Waals surface area contributed by atoms with Gasteiger partial charge < -0.3 is 19.5 Å². The summed E-state index contributed by atoms with van der Waals surface area (Å²) < 4.78 is 10.8. The fourth-order valence-electron chi connectivity index (χ4n) is 4.77. The number of hydrogen-bond acceptors (Lipinski definition) is 6. The predicted molar refractivity (Wildman–Crippen MR) is 150 cm³/mol. The number of likely N-dealkylation sites (tertiary alicyclic amines) is 1. The van der Waals surface area contributed by atoms with Crippen LogP contribution in [0.4, 0.5) is 5.69 Å². The Kier molecular flexibility index (Phi) is 9.58. The molecule has 2 heterocycles. The van der Waals surface area contributed by atoms with Crippen LogP contribution in [0.3, 0.4) is 0 Å². The highest BCUT2D eigenvalue weighted by atomic mass is 35.5. The van der Waals surface area contributed by atoms with E-state index in [1.54, 1.807) is 19.1 Å². The quantitative estimate of drug-likeness (QED) is 0.228. The highest BCUT2D eigenvalue weighted by molar-refractivity contribution is 6.33. The second-order valence-corrected chi connectivity index (χ2v) is 10.6. The largest absolute Gasteiger partial charge is 0.462 e. The molecule has 4 rings (SSSR count). The normalized spacial score (nSPS) is 14.6. The number of aryl methyl sites for hydroxylation is 1. The van der Waals surface area contributed by atoms with Gasteiger partial charge in [-0.05, 0) is 81.9 Å². The molecule has 2 aromatic carbocycles. The standard InChI is InChI=1S/C30H36ClN3O4/c1-20(2)29(35)32-24-10-8-9-23(19-24)22-13-16-34(17-14-22)15-6-7-18-37-30(36)27-21(3)38-33-28(27)25-11-4-5-12-26(25)31/h4-5,8-12,19-20,22H,6-7,13-18H2,1-3H3,(H,32,35). The van der Waals surface area contributed by atoms with E-state index in [2.05, 4.69) is 27.5 Å². The van der Waals surface area contributed by atoms with E-state index in [1.165, 1.54) is 5.56 Å². The molecule has 7 nitrogen and oxygen atoms in total. The molecule has 0 spiro atoms. The van der Waals surface area contributed by atoms with E-state index in [4.69, 9.17) is 20.9 Å². The summed E-state index contributed by atoms with van der Waals surface area (Å²) in [6, 6.07) is 15.5. The molecule has 1 aromatic heterocycles. The fourth-order valence-corrected chi connectivity index (χ4v) is 5.00. The van der Waals surface area contributed by atoms with Crippen LogP contribution in [0, 0.1) is 12.8 Å². The van der Waals surface area contributed by atoms with Crippen molar-refractivity contribution in [3.63, 3.8) is 0 Å². The molecule has 1 aliphatic rings. The summed E-state index contributed by atoms with van der Waals surface area (Å²) in [7, 11) is 0. The smallest absolute Gasteiger partial charge is 0.344 e. The first-order chi connectivity index (χ1) is 18.3. The van der Waals surface area contributed by atoms with Crippen LogP contribution < -0.4 is 5.32 Å². The number of nitrogens with one attached hydrogen (secondary N) is 1. The Morgan fingerprint density at radius 3 is 2.63 bits per heavy atom. The number of benzene rings is 2. The maximum Gasteiger partial charge on any atom is 0.344 e. The lowest BCUT2D eigenvalue weighted by Gasteiger charge is -2.32. The van der Waals surface area contributed by atoms with Gasteiger partial charge in [0, 0.05) is 17.2 Å². The lowest BCUT2D eigenvalue weighted by atomic mass is 9.89. The number of carbonyl (C=O) groups excluding carboxylic acids is 2. The first-order valence-electron chi connectivity index (χ1n) is 13.3. The lowest BCUT2D eigenvalue weighted by Crippen LogP contribution is -2.33. The molecule has 0 bridgehead atoms. The number of aromatic nitrogens is 1. The van der Waals surface area contributed by atoms with Crippen LogP contribution in [0.5, 0.6) is 0 Å². The van der Waals surface area contributed by atoms with Crippen LogP contribution in [0.15, 0.2) is 53.1 Å². The Morgan fingerprint density at radius 1 is 1.13 bits per heavy atom. The molecule has 0 unspecified atom stereocenters. The highest BCUT2D eigenvalue weighted by Crippen LogP contribution is 2.32. The number of hydrogen-bond donors (Lipinski definition) is 1. The second-order valence-electron chi connectivity index (χ2n) is 10.2. The zero-order chi connectivity index (χ0) is 27.1. The van der Waals surface area contributed by atoms with Crippen LogP contribution in [-0.4, -0.2) is 48.2 Å². The van der Waals surface area contributed by atoms with E-state index in [1.807, 2.05) is 38.1 Å². The van der Waals surface area contributed by atoms with E-state index in [9.17, 15) is 9.59 Å². The van der Waals surface area contributed by atoms with Crippen molar-refractivity contribution in [3.05, 3.63) is 70.4 Å². The number of ether oxygens (including phenoxy) is 1. The molecule has 0 saturated carbocycles. The van der Waals surface area contributed by atoms with Crippen molar-refractivity contribution >= 4 is 29.2 Å². The second kappa shape index (κ2) is 13.1. The van der Waals surface area contributed by atoms with Crippen LogP contribution in [0.1, 0.15) is 67.1 Å². The van der Waals surface area contributed by atoms with Crippen molar-refractivity contribution in [2.45, 2.75) is 52.4 Å². The van der Waals surface area contributed by atoms with Crippen LogP contribution >= 0.6 is 11.6 Å². The molecule has 1 amide bonds. The summed E-state index contributed by atoms with van der Waals surface area (Å²) in [6.07, 6.45) is 3.92. The third kappa shape index (κ3) is 7.03. The van der Waals surface area contributed by atoms with Crippen molar-refractivity contribution in [2.24, 2.45) is 5.92 Å². The lowest BCUT2D eigenvalue weighted by molar-refractivity contribution is -0.118. The molecule has 8 heteroatoms. The molecular weight excluding hydrogens is 502 g/mol. The molecule has 38 heavy (non-hydrogen) atoms. The van der Waals surface area contributed by atoms with Gasteiger partial charge in [-0.15, -0.1) is 0 Å². The van der Waals surface area contributed by atoms with Gasteiger partial charge in [0.15, 0.2) is 0 Å². The summed E-state index contributed by atoms with van der Waals surface area (Å²) in [4.78, 5) is 27.3. The van der Waals surface area contributed by atoms with E-state index in [0.29, 0.717) is 40.1 Å². The van der Waals surface area contributed by atoms with Crippen molar-refractivity contribution in [2.75, 3.05) is 31.6 Å². The van der Waals surface area contributed by atoms with Crippen molar-refractivity contribution in [1.29, 1.82) is 0 Å².